The van der Waals surface area contributed by atoms with Crippen molar-refractivity contribution in [3.8, 4) is 0 Å². The van der Waals surface area contributed by atoms with Gasteiger partial charge in [-0.1, -0.05) is 6.07 Å². The smallest absolute Gasteiger partial charge is 0.319 e. The molecule has 1 aromatic heterocycles. The van der Waals surface area contributed by atoms with Gasteiger partial charge >= 0.3 is 6.03 Å². The van der Waals surface area contributed by atoms with Crippen LogP contribution in [0.25, 0.3) is 0 Å². The second-order valence-electron chi connectivity index (χ2n) is 4.14. The fourth-order valence-corrected chi connectivity index (χ4v) is 1.88. The largest absolute Gasteiger partial charge is 0.381 e. The van der Waals surface area contributed by atoms with E-state index in [4.69, 9.17) is 0 Å². The lowest BCUT2D eigenvalue weighted by molar-refractivity contribution is 0.251. The topological polar surface area (TPSA) is 81.8 Å². The first-order chi connectivity index (χ1) is 8.81. The molecule has 6 heteroatoms. The molecular formula is C12H13N5O. The third-order valence-corrected chi connectivity index (χ3v) is 2.85. The van der Waals surface area contributed by atoms with Crippen molar-refractivity contribution in [1.29, 1.82) is 0 Å². The molecule has 1 aliphatic heterocycles. The van der Waals surface area contributed by atoms with Crippen molar-refractivity contribution in [3.63, 3.8) is 0 Å². The van der Waals surface area contributed by atoms with Gasteiger partial charge in [-0.25, -0.2) is 4.79 Å². The lowest BCUT2D eigenvalue weighted by Gasteiger charge is -2.19. The minimum Gasteiger partial charge on any atom is -0.381 e. The molecule has 0 saturated heterocycles. The number of nitrogens with zero attached hydrogens (tertiary/aromatic N) is 1. The predicted molar refractivity (Wildman–Crippen MR) is 68.2 cm³/mol. The Bertz CT molecular complexity index is 564. The van der Waals surface area contributed by atoms with Crippen LogP contribution in [0.3, 0.4) is 0 Å². The summed E-state index contributed by atoms with van der Waals surface area (Å²) in [5.41, 5.74) is 4.00. The highest BCUT2D eigenvalue weighted by Crippen LogP contribution is 2.23. The maximum atomic E-state index is 11.2. The van der Waals surface area contributed by atoms with E-state index < -0.39 is 0 Å². The van der Waals surface area contributed by atoms with Gasteiger partial charge in [-0.15, -0.1) is 0 Å². The maximum absolute atomic E-state index is 11.2. The van der Waals surface area contributed by atoms with E-state index in [0.717, 1.165) is 22.5 Å². The van der Waals surface area contributed by atoms with Crippen LogP contribution in [0.5, 0.6) is 0 Å². The molecule has 1 aromatic carbocycles. The van der Waals surface area contributed by atoms with Gasteiger partial charge in [0.1, 0.15) is 0 Å². The van der Waals surface area contributed by atoms with Crippen LogP contribution in [0.15, 0.2) is 30.6 Å². The number of anilines is 2. The zero-order valence-corrected chi connectivity index (χ0v) is 9.66. The summed E-state index contributed by atoms with van der Waals surface area (Å²) in [6, 6.07) is 5.78. The van der Waals surface area contributed by atoms with E-state index in [0.29, 0.717) is 13.1 Å². The second kappa shape index (κ2) is 4.40. The summed E-state index contributed by atoms with van der Waals surface area (Å²) in [4.78, 5) is 11.2. The van der Waals surface area contributed by atoms with Crippen LogP contribution in [-0.4, -0.2) is 16.2 Å². The van der Waals surface area contributed by atoms with Crippen molar-refractivity contribution in [2.24, 2.45) is 0 Å². The Labute approximate surface area is 104 Å². The second-order valence-corrected chi connectivity index (χ2v) is 4.14. The third kappa shape index (κ3) is 2.13. The Morgan fingerprint density at radius 3 is 3.17 bits per heavy atom. The minimum atomic E-state index is -0.158. The van der Waals surface area contributed by atoms with Gasteiger partial charge < -0.3 is 16.0 Å². The summed E-state index contributed by atoms with van der Waals surface area (Å²) in [7, 11) is 0. The van der Waals surface area contributed by atoms with Crippen LogP contribution >= 0.6 is 0 Å². The molecule has 6 nitrogen and oxygen atoms in total. The molecule has 2 heterocycles. The normalized spacial score (nSPS) is 13.4. The van der Waals surface area contributed by atoms with E-state index in [1.54, 1.807) is 6.20 Å². The van der Waals surface area contributed by atoms with Crippen LogP contribution in [0.1, 0.15) is 11.1 Å². The molecule has 0 aliphatic carbocycles. The van der Waals surface area contributed by atoms with Crippen molar-refractivity contribution >= 4 is 17.4 Å². The van der Waals surface area contributed by atoms with Crippen molar-refractivity contribution in [2.45, 2.75) is 13.1 Å². The fourth-order valence-electron chi connectivity index (χ4n) is 1.88. The van der Waals surface area contributed by atoms with E-state index >= 15 is 0 Å². The molecule has 4 N–H and O–H groups in total. The number of carbonyl (C=O) groups is 1. The summed E-state index contributed by atoms with van der Waals surface area (Å²) < 4.78 is 0. The molecule has 0 fully saturated rings. The molecule has 0 unspecified atom stereocenters. The molecule has 1 aliphatic rings. The summed E-state index contributed by atoms with van der Waals surface area (Å²) in [5, 5.41) is 15.4. The first-order valence-corrected chi connectivity index (χ1v) is 5.70. The van der Waals surface area contributed by atoms with Gasteiger partial charge in [-0.3, -0.25) is 5.10 Å². The van der Waals surface area contributed by atoms with E-state index in [1.165, 1.54) is 0 Å². The summed E-state index contributed by atoms with van der Waals surface area (Å²) in [6.45, 7) is 1.27. The molecule has 18 heavy (non-hydrogen) atoms. The molecule has 92 valence electrons. The van der Waals surface area contributed by atoms with Crippen LogP contribution < -0.4 is 16.0 Å². The van der Waals surface area contributed by atoms with Gasteiger partial charge in [0.05, 0.1) is 6.20 Å². The van der Waals surface area contributed by atoms with E-state index in [2.05, 4.69) is 26.1 Å². The average molecular weight is 243 g/mol. The van der Waals surface area contributed by atoms with E-state index in [-0.39, 0.29) is 6.03 Å². The summed E-state index contributed by atoms with van der Waals surface area (Å²) >= 11 is 0. The van der Waals surface area contributed by atoms with Crippen LogP contribution in [0, 0.1) is 0 Å². The highest BCUT2D eigenvalue weighted by Gasteiger charge is 2.13. The minimum absolute atomic E-state index is 0.158. The highest BCUT2D eigenvalue weighted by atomic mass is 16.2. The Morgan fingerprint density at radius 2 is 2.33 bits per heavy atom. The lowest BCUT2D eigenvalue weighted by Crippen LogP contribution is -2.33. The third-order valence-electron chi connectivity index (χ3n) is 2.85. The molecular weight excluding hydrogens is 230 g/mol. The van der Waals surface area contributed by atoms with Gasteiger partial charge in [0.25, 0.3) is 0 Å². The zero-order valence-electron chi connectivity index (χ0n) is 9.66. The Balaban J connectivity index is 1.73. The van der Waals surface area contributed by atoms with Crippen molar-refractivity contribution in [2.75, 3.05) is 10.6 Å². The zero-order chi connectivity index (χ0) is 12.4. The number of urea groups is 1. The van der Waals surface area contributed by atoms with Crippen molar-refractivity contribution in [1.82, 2.24) is 15.5 Å². The average Bonchev–Trinajstić information content (AvgIpc) is 2.89. The van der Waals surface area contributed by atoms with Gasteiger partial charge in [-0.05, 0) is 17.7 Å². The Hall–Kier alpha value is -2.50. The van der Waals surface area contributed by atoms with Crippen LogP contribution in [0.4, 0.5) is 16.2 Å². The molecule has 3 rings (SSSR count). The number of hydrogen-bond donors (Lipinski definition) is 4. The number of carbonyl (C=O) groups excluding carboxylic acids is 1. The molecule has 2 aromatic rings. The van der Waals surface area contributed by atoms with E-state index in [9.17, 15) is 4.79 Å². The van der Waals surface area contributed by atoms with Crippen molar-refractivity contribution in [3.05, 3.63) is 41.7 Å². The first kappa shape index (κ1) is 10.6. The standard InChI is InChI=1S/C12H13N5O/c18-12-14-7-9-1-2-10(3-11(9)17-12)13-4-8-5-15-16-6-8/h1-3,5-6,13H,4,7H2,(H,15,16)(H2,14,17,18). The van der Waals surface area contributed by atoms with Gasteiger partial charge in [0.2, 0.25) is 0 Å². The number of H-pyrrole nitrogens is 1. The van der Waals surface area contributed by atoms with Gasteiger partial charge in [0, 0.05) is 36.2 Å². The first-order valence-electron chi connectivity index (χ1n) is 5.70. The Morgan fingerprint density at radius 1 is 1.39 bits per heavy atom. The molecule has 0 saturated carbocycles. The Kier molecular flexibility index (Phi) is 2.60. The number of rotatable bonds is 3. The predicted octanol–water partition coefficient (Wildman–Crippen LogP) is 1.66. The van der Waals surface area contributed by atoms with E-state index in [1.807, 2.05) is 24.4 Å². The van der Waals surface area contributed by atoms with Gasteiger partial charge in [-0.2, -0.15) is 5.10 Å². The molecule has 0 bridgehead atoms. The number of aromatic amines is 1. The van der Waals surface area contributed by atoms with Crippen LogP contribution in [0.2, 0.25) is 0 Å². The molecule has 0 spiro atoms. The monoisotopic (exact) mass is 243 g/mol. The molecule has 2 amide bonds. The maximum Gasteiger partial charge on any atom is 0.319 e. The quantitative estimate of drug-likeness (QED) is 0.661. The number of fused-ring (bicyclic) bond motifs is 1. The number of amides is 2. The fraction of sp³-hybridized carbons (Fsp3) is 0.167. The summed E-state index contributed by atoms with van der Waals surface area (Å²) in [5.74, 6) is 0. The lowest BCUT2D eigenvalue weighted by atomic mass is 10.1. The molecule has 0 atom stereocenters. The summed E-state index contributed by atoms with van der Waals surface area (Å²) in [6.07, 6.45) is 3.62. The number of benzene rings is 1. The van der Waals surface area contributed by atoms with Crippen LogP contribution in [-0.2, 0) is 13.1 Å². The number of aromatic nitrogens is 2. The number of nitrogens with one attached hydrogen (secondary N) is 4. The van der Waals surface area contributed by atoms with Gasteiger partial charge in [0.15, 0.2) is 0 Å². The highest BCUT2D eigenvalue weighted by molar-refractivity contribution is 5.92. The SMILES string of the molecule is O=C1NCc2ccc(NCc3cn[nH]c3)cc2N1. The van der Waals surface area contributed by atoms with Crippen molar-refractivity contribution < 1.29 is 4.79 Å². The molecule has 0 radical (unpaired) electrons. The number of hydrogen-bond acceptors (Lipinski definition) is 3.